The second-order valence-electron chi connectivity index (χ2n) is 3.47. The number of nitro benzene ring substituents is 1. The van der Waals surface area contributed by atoms with Crippen molar-refractivity contribution in [2.75, 3.05) is 18.5 Å². The van der Waals surface area contributed by atoms with Crippen LogP contribution in [-0.2, 0) is 4.74 Å². The number of primary amides is 1. The van der Waals surface area contributed by atoms with E-state index in [2.05, 4.69) is 26.0 Å². The maximum absolute atomic E-state index is 10.7. The third kappa shape index (κ3) is 3.88. The molecule has 8 heteroatoms. The average Bonchev–Trinajstić information content (AvgIpc) is 2.27. The number of nitrogens with zero attached hydrogens (tertiary/aromatic N) is 1. The number of carbonyl (C=O) groups excluding carboxylic acids is 1. The molecule has 0 saturated carbocycles. The summed E-state index contributed by atoms with van der Waals surface area (Å²) in [5, 5.41) is 13.7. The van der Waals surface area contributed by atoms with Gasteiger partial charge >= 0.3 is 6.09 Å². The van der Waals surface area contributed by atoms with Crippen molar-refractivity contribution in [3.8, 4) is 0 Å². The third-order valence-corrected chi connectivity index (χ3v) is 2.80. The summed E-state index contributed by atoms with van der Waals surface area (Å²) in [5.74, 6) is 0. The van der Waals surface area contributed by atoms with Crippen LogP contribution in [0, 0.1) is 17.0 Å². The number of hydrogen-bond donors (Lipinski definition) is 2. The molecule has 0 spiro atoms. The molecular formula is C10H12BrN3O4. The minimum absolute atomic E-state index is 0.0424. The first-order chi connectivity index (χ1) is 8.41. The molecule has 0 atom stereocenters. The molecule has 0 heterocycles. The number of amides is 1. The van der Waals surface area contributed by atoms with E-state index >= 15 is 0 Å². The first-order valence-corrected chi connectivity index (χ1v) is 5.81. The lowest BCUT2D eigenvalue weighted by molar-refractivity contribution is -0.385. The van der Waals surface area contributed by atoms with Gasteiger partial charge < -0.3 is 15.8 Å². The lowest BCUT2D eigenvalue weighted by Crippen LogP contribution is -2.18. The predicted molar refractivity (Wildman–Crippen MR) is 69.6 cm³/mol. The molecule has 1 amide bonds. The van der Waals surface area contributed by atoms with Crippen LogP contribution in [0.1, 0.15) is 5.56 Å². The zero-order valence-corrected chi connectivity index (χ0v) is 11.2. The van der Waals surface area contributed by atoms with E-state index in [0.29, 0.717) is 22.3 Å². The Balaban J connectivity index is 2.70. The first-order valence-electron chi connectivity index (χ1n) is 5.02. The zero-order chi connectivity index (χ0) is 13.7. The summed E-state index contributed by atoms with van der Waals surface area (Å²) >= 11 is 3.23. The van der Waals surface area contributed by atoms with Gasteiger partial charge in [0, 0.05) is 28.3 Å². The van der Waals surface area contributed by atoms with Crippen molar-refractivity contribution in [2.24, 2.45) is 5.73 Å². The second kappa shape index (κ2) is 6.20. The Morgan fingerprint density at radius 2 is 2.28 bits per heavy atom. The number of nitrogens with one attached hydrogen (secondary N) is 1. The minimum Gasteiger partial charge on any atom is -0.448 e. The number of aryl methyl sites for hydroxylation is 1. The van der Waals surface area contributed by atoms with E-state index < -0.39 is 11.0 Å². The van der Waals surface area contributed by atoms with E-state index in [4.69, 9.17) is 5.73 Å². The Morgan fingerprint density at radius 1 is 1.61 bits per heavy atom. The van der Waals surface area contributed by atoms with E-state index in [9.17, 15) is 14.9 Å². The van der Waals surface area contributed by atoms with Crippen LogP contribution in [-0.4, -0.2) is 24.2 Å². The summed E-state index contributed by atoms with van der Waals surface area (Å²) in [5.41, 5.74) is 6.08. The van der Waals surface area contributed by atoms with E-state index in [1.807, 2.05) is 0 Å². The van der Waals surface area contributed by atoms with Crippen molar-refractivity contribution in [1.29, 1.82) is 0 Å². The van der Waals surface area contributed by atoms with Crippen molar-refractivity contribution in [2.45, 2.75) is 6.92 Å². The molecule has 0 radical (unpaired) electrons. The lowest BCUT2D eigenvalue weighted by atomic mass is 10.2. The van der Waals surface area contributed by atoms with E-state index in [1.54, 1.807) is 13.0 Å². The first kappa shape index (κ1) is 14.2. The highest BCUT2D eigenvalue weighted by molar-refractivity contribution is 9.10. The molecule has 0 unspecified atom stereocenters. The SMILES string of the molecule is Cc1cc(NCCOC(N)=O)c(Br)cc1[N+](=O)[O-]. The topological polar surface area (TPSA) is 107 Å². The monoisotopic (exact) mass is 317 g/mol. The Hall–Kier alpha value is -1.83. The Labute approximate surface area is 112 Å². The molecule has 0 aromatic heterocycles. The largest absolute Gasteiger partial charge is 0.448 e. The van der Waals surface area contributed by atoms with E-state index in [-0.39, 0.29) is 12.3 Å². The highest BCUT2D eigenvalue weighted by Crippen LogP contribution is 2.30. The van der Waals surface area contributed by atoms with Crippen LogP contribution in [0.15, 0.2) is 16.6 Å². The number of carbonyl (C=O) groups is 1. The van der Waals surface area contributed by atoms with Crippen LogP contribution < -0.4 is 11.1 Å². The highest BCUT2D eigenvalue weighted by atomic mass is 79.9. The number of nitrogens with two attached hydrogens (primary N) is 1. The molecule has 18 heavy (non-hydrogen) atoms. The molecule has 1 aromatic rings. The molecule has 1 aromatic carbocycles. The molecule has 0 fully saturated rings. The van der Waals surface area contributed by atoms with E-state index in [1.165, 1.54) is 6.07 Å². The second-order valence-corrected chi connectivity index (χ2v) is 4.32. The molecule has 0 saturated heterocycles. The summed E-state index contributed by atoms with van der Waals surface area (Å²) in [7, 11) is 0. The van der Waals surface area contributed by atoms with Crippen LogP contribution in [0.4, 0.5) is 16.2 Å². The Bertz CT molecular complexity index is 478. The molecule has 0 aliphatic carbocycles. The lowest BCUT2D eigenvalue weighted by Gasteiger charge is -2.09. The quantitative estimate of drug-likeness (QED) is 0.491. The maximum Gasteiger partial charge on any atom is 0.404 e. The van der Waals surface area contributed by atoms with Gasteiger partial charge in [-0.1, -0.05) is 0 Å². The van der Waals surface area contributed by atoms with Crippen LogP contribution in [0.25, 0.3) is 0 Å². The summed E-state index contributed by atoms with van der Waals surface area (Å²) in [6, 6.07) is 3.07. The fourth-order valence-corrected chi connectivity index (χ4v) is 1.81. The molecule has 0 bridgehead atoms. The van der Waals surface area contributed by atoms with Gasteiger partial charge in [-0.3, -0.25) is 10.1 Å². The summed E-state index contributed by atoms with van der Waals surface area (Å²) in [6.45, 7) is 2.13. The number of ether oxygens (including phenoxy) is 1. The van der Waals surface area contributed by atoms with Crippen molar-refractivity contribution in [1.82, 2.24) is 0 Å². The zero-order valence-electron chi connectivity index (χ0n) is 9.60. The van der Waals surface area contributed by atoms with Crippen LogP contribution in [0.2, 0.25) is 0 Å². The van der Waals surface area contributed by atoms with Crippen molar-refractivity contribution >= 4 is 33.4 Å². The molecule has 0 aliphatic rings. The van der Waals surface area contributed by atoms with Gasteiger partial charge in [0.2, 0.25) is 0 Å². The highest BCUT2D eigenvalue weighted by Gasteiger charge is 2.13. The number of rotatable bonds is 5. The Morgan fingerprint density at radius 3 is 2.83 bits per heavy atom. The number of benzene rings is 1. The predicted octanol–water partition coefficient (Wildman–Crippen LogP) is 2.17. The fourth-order valence-electron chi connectivity index (χ4n) is 1.34. The van der Waals surface area contributed by atoms with Gasteiger partial charge in [-0.05, 0) is 28.9 Å². The number of nitro groups is 1. The maximum atomic E-state index is 10.7. The number of halogens is 1. The molecule has 1 rings (SSSR count). The average molecular weight is 318 g/mol. The van der Waals surface area contributed by atoms with Crippen LogP contribution in [0.5, 0.6) is 0 Å². The number of anilines is 1. The summed E-state index contributed by atoms with van der Waals surface area (Å²) < 4.78 is 5.12. The van der Waals surface area contributed by atoms with Gasteiger partial charge in [-0.15, -0.1) is 0 Å². The smallest absolute Gasteiger partial charge is 0.404 e. The minimum atomic E-state index is -0.837. The van der Waals surface area contributed by atoms with Crippen LogP contribution >= 0.6 is 15.9 Å². The molecule has 3 N–H and O–H groups in total. The van der Waals surface area contributed by atoms with Gasteiger partial charge in [0.25, 0.3) is 5.69 Å². The molecule has 7 nitrogen and oxygen atoms in total. The van der Waals surface area contributed by atoms with Crippen LogP contribution in [0.3, 0.4) is 0 Å². The summed E-state index contributed by atoms with van der Waals surface area (Å²) in [4.78, 5) is 20.6. The molecule has 98 valence electrons. The van der Waals surface area contributed by atoms with E-state index in [0.717, 1.165) is 0 Å². The normalized spacial score (nSPS) is 9.89. The fraction of sp³-hybridized carbons (Fsp3) is 0.300. The standard InChI is InChI=1S/C10H12BrN3O4/c1-6-4-8(13-2-3-18-10(12)15)7(11)5-9(6)14(16)17/h4-5,13H,2-3H2,1H3,(H2,12,15). The third-order valence-electron chi connectivity index (χ3n) is 2.14. The number of hydrogen-bond acceptors (Lipinski definition) is 5. The molecule has 0 aliphatic heterocycles. The van der Waals surface area contributed by atoms with Gasteiger partial charge in [0.05, 0.1) is 4.92 Å². The van der Waals surface area contributed by atoms with Gasteiger partial charge in [-0.25, -0.2) is 4.79 Å². The summed E-state index contributed by atoms with van der Waals surface area (Å²) in [6.07, 6.45) is -0.837. The Kier molecular flexibility index (Phi) is 4.90. The van der Waals surface area contributed by atoms with Crippen molar-refractivity contribution in [3.05, 3.63) is 32.3 Å². The van der Waals surface area contributed by atoms with Gasteiger partial charge in [-0.2, -0.15) is 0 Å². The van der Waals surface area contributed by atoms with Gasteiger partial charge in [0.15, 0.2) is 0 Å². The van der Waals surface area contributed by atoms with Crippen molar-refractivity contribution < 1.29 is 14.5 Å². The van der Waals surface area contributed by atoms with Crippen molar-refractivity contribution in [3.63, 3.8) is 0 Å². The molecular weight excluding hydrogens is 306 g/mol. The van der Waals surface area contributed by atoms with Gasteiger partial charge in [0.1, 0.15) is 6.61 Å².